The third kappa shape index (κ3) is 4.74. The van der Waals surface area contributed by atoms with Crippen molar-refractivity contribution < 1.29 is 14.7 Å². The Hall–Kier alpha value is -3.02. The number of aryl methyl sites for hydroxylation is 1. The fourth-order valence-electron chi connectivity index (χ4n) is 2.01. The number of amides is 1. The van der Waals surface area contributed by atoms with Gasteiger partial charge in [-0.05, 0) is 36.2 Å². The molecule has 0 radical (unpaired) electrons. The standard InChI is InChI=1S/C17H17N3O3/c1-18-16(21)10-9-12-5-2-3-8-15(12)20-19-14-7-4-6-13(11-14)17(22)23/h2-8,11H,9-10H2,1H3,(H,18,21)(H,22,23). The molecule has 6 heteroatoms. The lowest BCUT2D eigenvalue weighted by Crippen LogP contribution is -2.17. The summed E-state index contributed by atoms with van der Waals surface area (Å²) in [6, 6.07) is 13.7. The molecular weight excluding hydrogens is 294 g/mol. The van der Waals surface area contributed by atoms with Crippen LogP contribution in [0.1, 0.15) is 22.3 Å². The van der Waals surface area contributed by atoms with Gasteiger partial charge in [0.2, 0.25) is 5.91 Å². The van der Waals surface area contributed by atoms with Gasteiger partial charge in [0.05, 0.1) is 16.9 Å². The number of carbonyl (C=O) groups is 2. The first-order valence-corrected chi connectivity index (χ1v) is 7.13. The fourth-order valence-corrected chi connectivity index (χ4v) is 2.01. The first kappa shape index (κ1) is 16.4. The molecular formula is C17H17N3O3. The molecule has 0 atom stereocenters. The number of azo groups is 1. The van der Waals surface area contributed by atoms with Crippen LogP contribution in [0.3, 0.4) is 0 Å². The van der Waals surface area contributed by atoms with Gasteiger partial charge in [-0.2, -0.15) is 10.2 Å². The molecule has 0 aliphatic rings. The molecule has 0 spiro atoms. The highest BCUT2D eigenvalue weighted by molar-refractivity contribution is 5.88. The zero-order valence-electron chi connectivity index (χ0n) is 12.7. The Labute approximate surface area is 133 Å². The van der Waals surface area contributed by atoms with Crippen LogP contribution in [0.4, 0.5) is 11.4 Å². The van der Waals surface area contributed by atoms with Gasteiger partial charge in [0, 0.05) is 13.5 Å². The van der Waals surface area contributed by atoms with Gasteiger partial charge in [-0.25, -0.2) is 4.79 Å². The number of carboxylic acid groups (broad SMARTS) is 1. The molecule has 2 aromatic rings. The number of carbonyl (C=O) groups excluding carboxylic acids is 1. The Morgan fingerprint density at radius 2 is 1.87 bits per heavy atom. The van der Waals surface area contributed by atoms with Crippen molar-refractivity contribution in [3.63, 3.8) is 0 Å². The molecule has 118 valence electrons. The predicted molar refractivity (Wildman–Crippen MR) is 86.4 cm³/mol. The lowest BCUT2D eigenvalue weighted by molar-refractivity contribution is -0.120. The highest BCUT2D eigenvalue weighted by Gasteiger charge is 2.05. The Morgan fingerprint density at radius 1 is 1.09 bits per heavy atom. The van der Waals surface area contributed by atoms with E-state index in [2.05, 4.69) is 15.5 Å². The zero-order valence-corrected chi connectivity index (χ0v) is 12.7. The van der Waals surface area contributed by atoms with E-state index in [-0.39, 0.29) is 11.5 Å². The summed E-state index contributed by atoms with van der Waals surface area (Å²) in [5, 5.41) is 19.8. The Kier molecular flexibility index (Phi) is 5.57. The summed E-state index contributed by atoms with van der Waals surface area (Å²) in [7, 11) is 1.60. The molecule has 2 aromatic carbocycles. The molecule has 6 nitrogen and oxygen atoms in total. The van der Waals surface area contributed by atoms with Crippen LogP contribution in [0.25, 0.3) is 0 Å². The van der Waals surface area contributed by atoms with Gasteiger partial charge < -0.3 is 10.4 Å². The van der Waals surface area contributed by atoms with Crippen molar-refractivity contribution in [1.82, 2.24) is 5.32 Å². The van der Waals surface area contributed by atoms with Crippen molar-refractivity contribution in [3.8, 4) is 0 Å². The third-order valence-electron chi connectivity index (χ3n) is 3.26. The summed E-state index contributed by atoms with van der Waals surface area (Å²) in [5.41, 5.74) is 2.20. The van der Waals surface area contributed by atoms with Crippen LogP contribution in [-0.2, 0) is 11.2 Å². The monoisotopic (exact) mass is 311 g/mol. The summed E-state index contributed by atoms with van der Waals surface area (Å²) in [6.45, 7) is 0. The van der Waals surface area contributed by atoms with Gasteiger partial charge in [-0.1, -0.05) is 24.3 Å². The van der Waals surface area contributed by atoms with Crippen molar-refractivity contribution >= 4 is 23.3 Å². The summed E-state index contributed by atoms with van der Waals surface area (Å²) in [4.78, 5) is 22.3. The molecule has 0 heterocycles. The SMILES string of the molecule is CNC(=O)CCc1ccccc1N=Nc1cccc(C(=O)O)c1. The van der Waals surface area contributed by atoms with Crippen molar-refractivity contribution in [2.24, 2.45) is 10.2 Å². The summed E-state index contributed by atoms with van der Waals surface area (Å²) < 4.78 is 0. The molecule has 0 saturated heterocycles. The van der Waals surface area contributed by atoms with Gasteiger partial charge in [0.15, 0.2) is 0 Å². The summed E-state index contributed by atoms with van der Waals surface area (Å²) in [5.74, 6) is -1.04. The topological polar surface area (TPSA) is 91.1 Å². The van der Waals surface area contributed by atoms with Crippen molar-refractivity contribution in [2.75, 3.05) is 7.05 Å². The van der Waals surface area contributed by atoms with Crippen LogP contribution in [0.2, 0.25) is 0 Å². The first-order chi connectivity index (χ1) is 11.1. The number of hydrogen-bond acceptors (Lipinski definition) is 4. The van der Waals surface area contributed by atoms with E-state index in [1.807, 2.05) is 24.3 Å². The second-order valence-electron chi connectivity index (χ2n) is 4.86. The molecule has 0 fully saturated rings. The lowest BCUT2D eigenvalue weighted by Gasteiger charge is -2.04. The predicted octanol–water partition coefficient (Wildman–Crippen LogP) is 3.48. The minimum absolute atomic E-state index is 0.0362. The molecule has 0 aromatic heterocycles. The molecule has 2 N–H and O–H groups in total. The summed E-state index contributed by atoms with van der Waals surface area (Å²) >= 11 is 0. The van der Waals surface area contributed by atoms with Gasteiger partial charge >= 0.3 is 5.97 Å². The highest BCUT2D eigenvalue weighted by Crippen LogP contribution is 2.23. The zero-order chi connectivity index (χ0) is 16.7. The van der Waals surface area contributed by atoms with Crippen molar-refractivity contribution in [3.05, 3.63) is 59.7 Å². The fraction of sp³-hybridized carbons (Fsp3) is 0.176. The maximum absolute atomic E-state index is 11.4. The second kappa shape index (κ2) is 7.84. The molecule has 0 aliphatic carbocycles. The Morgan fingerprint density at radius 3 is 2.61 bits per heavy atom. The number of aromatic carboxylic acids is 1. The van der Waals surface area contributed by atoms with E-state index in [0.29, 0.717) is 24.2 Å². The van der Waals surface area contributed by atoms with E-state index in [1.54, 1.807) is 19.2 Å². The Bertz CT molecular complexity index is 741. The maximum atomic E-state index is 11.4. The number of benzene rings is 2. The van der Waals surface area contributed by atoms with Crippen LogP contribution in [0.5, 0.6) is 0 Å². The van der Waals surface area contributed by atoms with Crippen molar-refractivity contribution in [2.45, 2.75) is 12.8 Å². The average molecular weight is 311 g/mol. The highest BCUT2D eigenvalue weighted by atomic mass is 16.4. The quantitative estimate of drug-likeness (QED) is 0.800. The maximum Gasteiger partial charge on any atom is 0.335 e. The number of rotatable bonds is 6. The molecule has 0 bridgehead atoms. The smallest absolute Gasteiger partial charge is 0.335 e. The third-order valence-corrected chi connectivity index (χ3v) is 3.26. The number of hydrogen-bond donors (Lipinski definition) is 2. The van der Waals surface area contributed by atoms with Crippen molar-refractivity contribution in [1.29, 1.82) is 0 Å². The van der Waals surface area contributed by atoms with Crippen LogP contribution in [0, 0.1) is 0 Å². The van der Waals surface area contributed by atoms with E-state index in [0.717, 1.165) is 5.56 Å². The van der Waals surface area contributed by atoms with Gasteiger partial charge in [-0.3, -0.25) is 4.79 Å². The minimum atomic E-state index is -1.01. The lowest BCUT2D eigenvalue weighted by atomic mass is 10.1. The second-order valence-corrected chi connectivity index (χ2v) is 4.86. The minimum Gasteiger partial charge on any atom is -0.478 e. The van der Waals surface area contributed by atoms with Crippen LogP contribution < -0.4 is 5.32 Å². The molecule has 0 saturated carbocycles. The molecule has 2 rings (SSSR count). The first-order valence-electron chi connectivity index (χ1n) is 7.13. The number of carboxylic acids is 1. The van der Waals surface area contributed by atoms with Gasteiger partial charge in [0.1, 0.15) is 0 Å². The van der Waals surface area contributed by atoms with E-state index in [9.17, 15) is 9.59 Å². The molecule has 0 aliphatic heterocycles. The van der Waals surface area contributed by atoms with Crippen LogP contribution in [-0.4, -0.2) is 24.0 Å². The Balaban J connectivity index is 2.17. The average Bonchev–Trinajstić information content (AvgIpc) is 2.58. The van der Waals surface area contributed by atoms with Gasteiger partial charge in [-0.15, -0.1) is 0 Å². The number of nitrogens with zero attached hydrogens (tertiary/aromatic N) is 2. The van der Waals surface area contributed by atoms with E-state index < -0.39 is 5.97 Å². The normalized spacial score (nSPS) is 10.7. The van der Waals surface area contributed by atoms with Crippen LogP contribution in [0.15, 0.2) is 58.8 Å². The van der Waals surface area contributed by atoms with E-state index in [4.69, 9.17) is 5.11 Å². The van der Waals surface area contributed by atoms with Crippen LogP contribution >= 0.6 is 0 Å². The van der Waals surface area contributed by atoms with E-state index >= 15 is 0 Å². The molecule has 1 amide bonds. The number of nitrogens with one attached hydrogen (secondary N) is 1. The summed E-state index contributed by atoms with van der Waals surface area (Å²) in [6.07, 6.45) is 0.932. The molecule has 23 heavy (non-hydrogen) atoms. The largest absolute Gasteiger partial charge is 0.478 e. The van der Waals surface area contributed by atoms with E-state index in [1.165, 1.54) is 12.1 Å². The molecule has 0 unspecified atom stereocenters. The van der Waals surface area contributed by atoms with Gasteiger partial charge in [0.25, 0.3) is 0 Å².